The Kier molecular flexibility index (Phi) is 6.23. The number of nitrogens with zero attached hydrogens (tertiary/aromatic N) is 5. The van der Waals surface area contributed by atoms with Gasteiger partial charge in [-0.15, -0.1) is 10.2 Å². The zero-order valence-corrected chi connectivity index (χ0v) is 18.3. The average Bonchev–Trinajstić information content (AvgIpc) is 3.49. The van der Waals surface area contributed by atoms with E-state index < -0.39 is 0 Å². The Hall–Kier alpha value is -3.31. The normalized spacial score (nSPS) is 11.3. The van der Waals surface area contributed by atoms with Gasteiger partial charge in [-0.05, 0) is 24.1 Å². The molecule has 31 heavy (non-hydrogen) atoms. The number of furan rings is 1. The lowest BCUT2D eigenvalue weighted by Gasteiger charge is -2.11. The number of hydrogen-bond acceptors (Lipinski definition) is 6. The van der Waals surface area contributed by atoms with Crippen LogP contribution >= 0.6 is 11.8 Å². The van der Waals surface area contributed by atoms with E-state index in [-0.39, 0.29) is 11.5 Å². The number of ketones is 1. The molecule has 0 bridgehead atoms. The van der Waals surface area contributed by atoms with Crippen molar-refractivity contribution in [1.82, 2.24) is 19.3 Å². The molecule has 0 atom stereocenters. The highest BCUT2D eigenvalue weighted by molar-refractivity contribution is 7.99. The lowest BCUT2D eigenvalue weighted by molar-refractivity contribution is 0.102. The van der Waals surface area contributed by atoms with Gasteiger partial charge in [0.15, 0.2) is 22.5 Å². The van der Waals surface area contributed by atoms with E-state index in [1.807, 2.05) is 51.7 Å². The molecule has 4 rings (SSSR count). The van der Waals surface area contributed by atoms with Crippen LogP contribution in [0.15, 0.2) is 58.4 Å². The third kappa shape index (κ3) is 4.42. The molecular formula is C23H23N5O2S. The van der Waals surface area contributed by atoms with Crippen LogP contribution < -0.4 is 0 Å². The number of Topliss-reactive ketones (excluding diaryl/α,β-unsaturated/α-hetero) is 1. The number of fused-ring (bicyclic) bond motifs is 1. The summed E-state index contributed by atoms with van der Waals surface area (Å²) in [5.41, 5.74) is 1.64. The average molecular weight is 434 g/mol. The maximum absolute atomic E-state index is 13.1. The first-order chi connectivity index (χ1) is 15.1. The van der Waals surface area contributed by atoms with Crippen molar-refractivity contribution in [3.05, 3.63) is 54.4 Å². The Bertz CT molecular complexity index is 1230. The predicted molar refractivity (Wildman–Crippen MR) is 120 cm³/mol. The molecule has 0 aliphatic rings. The van der Waals surface area contributed by atoms with Crippen LogP contribution in [0.1, 0.15) is 30.6 Å². The number of rotatable bonds is 9. The van der Waals surface area contributed by atoms with Gasteiger partial charge in [-0.1, -0.05) is 43.8 Å². The molecule has 0 saturated heterocycles. The molecule has 3 heterocycles. The van der Waals surface area contributed by atoms with E-state index in [4.69, 9.17) is 9.68 Å². The number of aromatic nitrogens is 4. The fourth-order valence-corrected chi connectivity index (χ4v) is 4.38. The van der Waals surface area contributed by atoms with Crippen molar-refractivity contribution in [3.63, 3.8) is 0 Å². The zero-order chi connectivity index (χ0) is 21.8. The van der Waals surface area contributed by atoms with Crippen molar-refractivity contribution in [2.75, 3.05) is 5.75 Å². The molecule has 0 aliphatic heterocycles. The molecule has 0 unspecified atom stereocenters. The van der Waals surface area contributed by atoms with Crippen molar-refractivity contribution >= 4 is 28.4 Å². The third-order valence-corrected chi connectivity index (χ3v) is 5.86. The molecule has 0 amide bonds. The van der Waals surface area contributed by atoms with E-state index in [9.17, 15) is 4.79 Å². The first-order valence-corrected chi connectivity index (χ1v) is 11.1. The van der Waals surface area contributed by atoms with E-state index in [0.717, 1.165) is 17.4 Å². The van der Waals surface area contributed by atoms with Crippen LogP contribution in [0.25, 0.3) is 22.5 Å². The van der Waals surface area contributed by atoms with Gasteiger partial charge in [0.1, 0.15) is 0 Å². The van der Waals surface area contributed by atoms with Crippen LogP contribution in [-0.2, 0) is 13.1 Å². The van der Waals surface area contributed by atoms with Crippen molar-refractivity contribution in [3.8, 4) is 17.7 Å². The maximum atomic E-state index is 13.1. The second-order valence-corrected chi connectivity index (χ2v) is 8.60. The summed E-state index contributed by atoms with van der Waals surface area (Å²) in [6.45, 7) is 5.54. The summed E-state index contributed by atoms with van der Waals surface area (Å²) >= 11 is 1.38. The summed E-state index contributed by atoms with van der Waals surface area (Å²) in [6.07, 6.45) is 3.87. The van der Waals surface area contributed by atoms with Gasteiger partial charge in [-0.3, -0.25) is 9.36 Å². The molecule has 0 aliphatic carbocycles. The number of para-hydroxylation sites is 1. The molecule has 4 aromatic rings. The zero-order valence-electron chi connectivity index (χ0n) is 17.5. The fraction of sp³-hybridized carbons (Fsp3) is 0.304. The summed E-state index contributed by atoms with van der Waals surface area (Å²) in [5.74, 6) is 1.99. The number of nitriles is 1. The first kappa shape index (κ1) is 20.9. The molecule has 0 radical (unpaired) electrons. The highest BCUT2D eigenvalue weighted by Gasteiger charge is 2.20. The Labute approximate surface area is 184 Å². The molecule has 0 fully saturated rings. The van der Waals surface area contributed by atoms with Crippen molar-refractivity contribution in [2.45, 2.75) is 38.5 Å². The molecule has 3 aromatic heterocycles. The maximum Gasteiger partial charge on any atom is 0.200 e. The molecule has 0 N–H and O–H groups in total. The highest BCUT2D eigenvalue weighted by atomic mass is 32.2. The minimum atomic E-state index is 0.0237. The minimum absolute atomic E-state index is 0.0237. The van der Waals surface area contributed by atoms with E-state index in [1.165, 1.54) is 11.8 Å². The van der Waals surface area contributed by atoms with E-state index in [1.54, 1.807) is 6.26 Å². The van der Waals surface area contributed by atoms with E-state index in [0.29, 0.717) is 41.2 Å². The lowest BCUT2D eigenvalue weighted by atomic mass is 10.1. The number of benzene rings is 1. The molecule has 0 spiro atoms. The van der Waals surface area contributed by atoms with Gasteiger partial charge < -0.3 is 8.98 Å². The summed E-state index contributed by atoms with van der Waals surface area (Å²) in [7, 11) is 0. The van der Waals surface area contributed by atoms with Gasteiger partial charge in [0, 0.05) is 35.8 Å². The van der Waals surface area contributed by atoms with Gasteiger partial charge in [0.2, 0.25) is 0 Å². The largest absolute Gasteiger partial charge is 0.461 e. The van der Waals surface area contributed by atoms with Crippen LogP contribution in [0, 0.1) is 17.2 Å². The van der Waals surface area contributed by atoms with Crippen LogP contribution in [0.4, 0.5) is 0 Å². The minimum Gasteiger partial charge on any atom is -0.461 e. The first-order valence-electron chi connectivity index (χ1n) is 10.2. The SMILES string of the molecule is CC(C)Cn1c(SCC(=O)c2cn(CCC#N)c3ccccc23)nnc1-c1ccco1. The Morgan fingerprint density at radius 2 is 2.06 bits per heavy atom. The summed E-state index contributed by atoms with van der Waals surface area (Å²) in [6, 6.07) is 13.6. The molecule has 8 heteroatoms. The fourth-order valence-electron chi connectivity index (χ4n) is 3.55. The van der Waals surface area contributed by atoms with Crippen molar-refractivity contribution in [2.24, 2.45) is 5.92 Å². The molecule has 0 saturated carbocycles. The van der Waals surface area contributed by atoms with Gasteiger partial charge in [0.05, 0.1) is 24.5 Å². The summed E-state index contributed by atoms with van der Waals surface area (Å²) < 4.78 is 9.50. The van der Waals surface area contributed by atoms with E-state index >= 15 is 0 Å². The lowest BCUT2D eigenvalue weighted by Crippen LogP contribution is -2.09. The Balaban J connectivity index is 1.58. The Morgan fingerprint density at radius 1 is 1.23 bits per heavy atom. The number of carbonyl (C=O) groups excluding carboxylic acids is 1. The summed E-state index contributed by atoms with van der Waals surface area (Å²) in [4.78, 5) is 13.1. The van der Waals surface area contributed by atoms with Gasteiger partial charge in [-0.25, -0.2) is 0 Å². The van der Waals surface area contributed by atoms with Gasteiger partial charge >= 0.3 is 0 Å². The molecular weight excluding hydrogens is 410 g/mol. The Morgan fingerprint density at radius 3 is 2.81 bits per heavy atom. The second-order valence-electron chi connectivity index (χ2n) is 7.66. The van der Waals surface area contributed by atoms with Crippen LogP contribution in [0.3, 0.4) is 0 Å². The standard InChI is InChI=1S/C23H23N5O2S/c1-16(2)13-28-22(21-9-5-12-30-21)25-26-23(28)31-15-20(29)18-14-27(11-6-10-24)19-8-4-3-7-17(18)19/h3-5,7-9,12,14,16H,6,11,13,15H2,1-2H3. The van der Waals surface area contributed by atoms with Crippen molar-refractivity contribution in [1.29, 1.82) is 5.26 Å². The third-order valence-electron chi connectivity index (χ3n) is 4.89. The topological polar surface area (TPSA) is 89.6 Å². The predicted octanol–water partition coefficient (Wildman–Crippen LogP) is 5.04. The van der Waals surface area contributed by atoms with Crippen LogP contribution in [-0.4, -0.2) is 30.9 Å². The monoisotopic (exact) mass is 433 g/mol. The molecule has 158 valence electrons. The second kappa shape index (κ2) is 9.23. The number of aryl methyl sites for hydroxylation is 1. The molecule has 1 aromatic carbocycles. The number of carbonyl (C=O) groups is 1. The van der Waals surface area contributed by atoms with E-state index in [2.05, 4.69) is 30.1 Å². The van der Waals surface area contributed by atoms with Crippen molar-refractivity contribution < 1.29 is 9.21 Å². The van der Waals surface area contributed by atoms with Gasteiger partial charge in [0.25, 0.3) is 0 Å². The van der Waals surface area contributed by atoms with Crippen LogP contribution in [0.2, 0.25) is 0 Å². The quantitative estimate of drug-likeness (QED) is 0.271. The number of thioether (sulfide) groups is 1. The highest BCUT2D eigenvalue weighted by Crippen LogP contribution is 2.28. The van der Waals surface area contributed by atoms with Gasteiger partial charge in [-0.2, -0.15) is 5.26 Å². The summed E-state index contributed by atoms with van der Waals surface area (Å²) in [5, 5.41) is 19.2. The smallest absolute Gasteiger partial charge is 0.200 e. The van der Waals surface area contributed by atoms with Crippen LogP contribution in [0.5, 0.6) is 0 Å². The number of hydrogen-bond donors (Lipinski definition) is 0. The molecule has 7 nitrogen and oxygen atoms in total.